The fourth-order valence-corrected chi connectivity index (χ4v) is 3.01. The number of anilines is 1. The molecule has 0 aliphatic carbocycles. The minimum atomic E-state index is -1.37. The van der Waals surface area contributed by atoms with Crippen LogP contribution in [0, 0.1) is 0 Å². The molecule has 3 N–H and O–H groups in total. The van der Waals surface area contributed by atoms with E-state index in [0.717, 1.165) is 10.8 Å². The van der Waals surface area contributed by atoms with Crippen LogP contribution in [0.15, 0.2) is 66.7 Å². The number of nitrogens with one attached hydrogen (secondary N) is 3. The van der Waals surface area contributed by atoms with Crippen LogP contribution < -0.4 is 16.0 Å². The Kier molecular flexibility index (Phi) is 6.61. The second kappa shape index (κ2) is 9.53. The van der Waals surface area contributed by atoms with E-state index in [2.05, 4.69) is 16.0 Å². The smallest absolute Gasteiger partial charge is 0.341 e. The topological polar surface area (TPSA) is 114 Å². The number of carbonyl (C=O) groups is 4. The van der Waals surface area contributed by atoms with Crippen molar-refractivity contribution in [3.05, 3.63) is 77.9 Å². The number of benzene rings is 3. The molecule has 0 bridgehead atoms. The molecule has 0 saturated heterocycles. The van der Waals surface area contributed by atoms with E-state index < -0.39 is 24.0 Å². The summed E-state index contributed by atoms with van der Waals surface area (Å²) in [5.41, 5.74) is 0.733. The molecule has 0 fully saturated rings. The molecule has 31 heavy (non-hydrogen) atoms. The Labute approximate surface area is 178 Å². The largest absolute Gasteiger partial charge is 0.444 e. The number of ether oxygens (including phenoxy) is 1. The van der Waals surface area contributed by atoms with Gasteiger partial charge in [0.05, 0.1) is 11.3 Å². The highest BCUT2D eigenvalue weighted by Gasteiger charge is 2.28. The van der Waals surface area contributed by atoms with Gasteiger partial charge < -0.3 is 15.4 Å². The van der Waals surface area contributed by atoms with Gasteiger partial charge in [0, 0.05) is 19.5 Å². The lowest BCUT2D eigenvalue weighted by atomic mass is 10.0. The van der Waals surface area contributed by atoms with Gasteiger partial charge in [-0.1, -0.05) is 54.6 Å². The van der Waals surface area contributed by atoms with E-state index >= 15 is 0 Å². The quantitative estimate of drug-likeness (QED) is 0.550. The van der Waals surface area contributed by atoms with Crippen LogP contribution >= 0.6 is 0 Å². The molecule has 0 radical (unpaired) electrons. The zero-order valence-electron chi connectivity index (χ0n) is 17.0. The second-order valence-corrected chi connectivity index (χ2v) is 6.69. The third kappa shape index (κ3) is 5.24. The van der Waals surface area contributed by atoms with Gasteiger partial charge in [0.1, 0.15) is 0 Å². The van der Waals surface area contributed by atoms with E-state index in [1.165, 1.54) is 14.0 Å². The van der Waals surface area contributed by atoms with Gasteiger partial charge in [-0.15, -0.1) is 0 Å². The second-order valence-electron chi connectivity index (χ2n) is 6.69. The number of amides is 4. The first-order valence-corrected chi connectivity index (χ1v) is 9.48. The summed E-state index contributed by atoms with van der Waals surface area (Å²) in [5.74, 6) is -1.99. The SMILES string of the molecule is CNC(=O)NC(=O)C(OC(=O)c1cc2ccccc2cc1NC(C)=O)c1ccccc1. The first-order chi connectivity index (χ1) is 14.9. The molecule has 0 saturated carbocycles. The van der Waals surface area contributed by atoms with Crippen LogP contribution in [0.2, 0.25) is 0 Å². The lowest BCUT2D eigenvalue weighted by molar-refractivity contribution is -0.129. The molecule has 4 amide bonds. The summed E-state index contributed by atoms with van der Waals surface area (Å²) in [6.07, 6.45) is -1.37. The van der Waals surface area contributed by atoms with Crippen molar-refractivity contribution in [1.82, 2.24) is 10.6 Å². The number of hydrogen-bond donors (Lipinski definition) is 3. The number of carbonyl (C=O) groups excluding carboxylic acids is 4. The van der Waals surface area contributed by atoms with Crippen LogP contribution in [0.25, 0.3) is 10.8 Å². The van der Waals surface area contributed by atoms with Crippen LogP contribution in [0.5, 0.6) is 0 Å². The molecule has 8 nitrogen and oxygen atoms in total. The Morgan fingerprint density at radius 1 is 0.871 bits per heavy atom. The Balaban J connectivity index is 1.99. The van der Waals surface area contributed by atoms with Gasteiger partial charge in [-0.25, -0.2) is 9.59 Å². The Morgan fingerprint density at radius 2 is 1.48 bits per heavy atom. The fraction of sp³-hybridized carbons (Fsp3) is 0.130. The maximum atomic E-state index is 13.1. The molecule has 1 unspecified atom stereocenters. The monoisotopic (exact) mass is 419 g/mol. The van der Waals surface area contributed by atoms with Crippen molar-refractivity contribution in [1.29, 1.82) is 0 Å². The van der Waals surface area contributed by atoms with Gasteiger partial charge in [-0.3, -0.25) is 14.9 Å². The lowest BCUT2D eigenvalue weighted by Gasteiger charge is -2.19. The minimum absolute atomic E-state index is 0.0857. The van der Waals surface area contributed by atoms with E-state index in [-0.39, 0.29) is 17.2 Å². The van der Waals surface area contributed by atoms with Crippen LogP contribution in [-0.4, -0.2) is 30.9 Å². The van der Waals surface area contributed by atoms with E-state index in [1.807, 2.05) is 24.3 Å². The molecule has 0 aliphatic heterocycles. The van der Waals surface area contributed by atoms with Crippen LogP contribution in [-0.2, 0) is 14.3 Å². The van der Waals surface area contributed by atoms with Gasteiger partial charge in [-0.2, -0.15) is 0 Å². The number of fused-ring (bicyclic) bond motifs is 1. The van der Waals surface area contributed by atoms with E-state index in [9.17, 15) is 19.2 Å². The standard InChI is InChI=1S/C23H21N3O5/c1-14(27)25-19-13-17-11-7-6-10-16(17)12-18(19)22(29)31-20(15-8-4-3-5-9-15)21(28)26-23(30)24-2/h3-13,20H,1-2H3,(H,25,27)(H2,24,26,28,30). The molecule has 0 aliphatic rings. The third-order valence-electron chi connectivity index (χ3n) is 4.45. The van der Waals surface area contributed by atoms with Crippen molar-refractivity contribution in [3.63, 3.8) is 0 Å². The number of esters is 1. The third-order valence-corrected chi connectivity index (χ3v) is 4.45. The first kappa shape index (κ1) is 21.5. The Morgan fingerprint density at radius 3 is 2.10 bits per heavy atom. The molecule has 3 aromatic carbocycles. The van der Waals surface area contributed by atoms with Gasteiger partial charge in [-0.05, 0) is 22.9 Å². The normalized spacial score (nSPS) is 11.3. The van der Waals surface area contributed by atoms with Crippen molar-refractivity contribution in [2.45, 2.75) is 13.0 Å². The maximum absolute atomic E-state index is 13.1. The zero-order chi connectivity index (χ0) is 22.4. The minimum Gasteiger partial charge on any atom is -0.444 e. The lowest BCUT2D eigenvalue weighted by Crippen LogP contribution is -2.41. The Bertz CT molecular complexity index is 1140. The van der Waals surface area contributed by atoms with Crippen LogP contribution in [0.3, 0.4) is 0 Å². The number of hydrogen-bond acceptors (Lipinski definition) is 5. The predicted molar refractivity (Wildman–Crippen MR) is 115 cm³/mol. The number of imide groups is 1. The van der Waals surface area contributed by atoms with E-state index in [0.29, 0.717) is 5.56 Å². The molecule has 8 heteroatoms. The average Bonchev–Trinajstić information content (AvgIpc) is 2.76. The molecule has 1 atom stereocenters. The summed E-state index contributed by atoms with van der Waals surface area (Å²) < 4.78 is 5.52. The average molecular weight is 419 g/mol. The first-order valence-electron chi connectivity index (χ1n) is 9.48. The van der Waals surface area contributed by atoms with Crippen LogP contribution in [0.4, 0.5) is 10.5 Å². The molecular weight excluding hydrogens is 398 g/mol. The molecule has 0 heterocycles. The number of rotatable bonds is 5. The molecular formula is C23H21N3O5. The number of urea groups is 1. The summed E-state index contributed by atoms with van der Waals surface area (Å²) in [4.78, 5) is 49.0. The fourth-order valence-electron chi connectivity index (χ4n) is 3.01. The van der Waals surface area contributed by atoms with Crippen molar-refractivity contribution < 1.29 is 23.9 Å². The summed E-state index contributed by atoms with van der Waals surface area (Å²) >= 11 is 0. The molecule has 3 rings (SSSR count). The molecule has 0 spiro atoms. The molecule has 158 valence electrons. The zero-order valence-corrected chi connectivity index (χ0v) is 17.0. The summed E-state index contributed by atoms with van der Waals surface area (Å²) in [7, 11) is 1.36. The van der Waals surface area contributed by atoms with E-state index in [4.69, 9.17) is 4.74 Å². The summed E-state index contributed by atoms with van der Waals surface area (Å²) in [6, 6.07) is 18.2. The van der Waals surface area contributed by atoms with Gasteiger partial charge in [0.2, 0.25) is 12.0 Å². The predicted octanol–water partition coefficient (Wildman–Crippen LogP) is 3.15. The maximum Gasteiger partial charge on any atom is 0.341 e. The van der Waals surface area contributed by atoms with E-state index in [1.54, 1.807) is 42.5 Å². The highest BCUT2D eigenvalue weighted by molar-refractivity contribution is 6.06. The Hall–Kier alpha value is -4.20. The summed E-state index contributed by atoms with van der Waals surface area (Å²) in [5, 5.41) is 8.61. The van der Waals surface area contributed by atoms with Crippen molar-refractivity contribution in [2.24, 2.45) is 0 Å². The van der Waals surface area contributed by atoms with Crippen molar-refractivity contribution in [2.75, 3.05) is 12.4 Å². The van der Waals surface area contributed by atoms with Crippen molar-refractivity contribution >= 4 is 40.3 Å². The molecule has 0 aromatic heterocycles. The van der Waals surface area contributed by atoms with Crippen LogP contribution in [0.1, 0.15) is 28.9 Å². The highest BCUT2D eigenvalue weighted by Crippen LogP contribution is 2.27. The van der Waals surface area contributed by atoms with Gasteiger partial charge >= 0.3 is 12.0 Å². The van der Waals surface area contributed by atoms with Gasteiger partial charge in [0.25, 0.3) is 5.91 Å². The molecule has 3 aromatic rings. The summed E-state index contributed by atoms with van der Waals surface area (Å²) in [6.45, 7) is 1.33. The highest BCUT2D eigenvalue weighted by atomic mass is 16.5. The van der Waals surface area contributed by atoms with Crippen molar-refractivity contribution in [3.8, 4) is 0 Å². The van der Waals surface area contributed by atoms with Gasteiger partial charge in [0.15, 0.2) is 0 Å².